The maximum absolute atomic E-state index is 10.7. The summed E-state index contributed by atoms with van der Waals surface area (Å²) in [5.41, 5.74) is 0.873. The number of aromatic nitrogens is 1. The van der Waals surface area contributed by atoms with Crippen molar-refractivity contribution in [2.45, 2.75) is 32.7 Å². The van der Waals surface area contributed by atoms with Crippen LogP contribution in [0.4, 0.5) is 5.82 Å². The molecule has 1 atom stereocenters. The predicted octanol–water partition coefficient (Wildman–Crippen LogP) is 2.80. The van der Waals surface area contributed by atoms with Gasteiger partial charge in [-0.25, -0.2) is 9.78 Å². The highest BCUT2D eigenvalue weighted by Crippen LogP contribution is 2.30. The number of hydrogen-bond donors (Lipinski definition) is 1. The van der Waals surface area contributed by atoms with Gasteiger partial charge in [0.25, 0.3) is 0 Å². The Morgan fingerprint density at radius 3 is 3.05 bits per heavy atom. The van der Waals surface area contributed by atoms with Gasteiger partial charge in [-0.3, -0.25) is 0 Å². The van der Waals surface area contributed by atoms with Crippen molar-refractivity contribution >= 4 is 17.9 Å². The predicted molar refractivity (Wildman–Crippen MR) is 76.1 cm³/mol. The Hall–Kier alpha value is -1.84. The molecule has 19 heavy (non-hydrogen) atoms. The van der Waals surface area contributed by atoms with E-state index in [9.17, 15) is 4.79 Å². The van der Waals surface area contributed by atoms with E-state index in [4.69, 9.17) is 5.11 Å². The Labute approximate surface area is 113 Å². The monoisotopic (exact) mass is 260 g/mol. The maximum atomic E-state index is 10.7. The first-order chi connectivity index (χ1) is 9.09. The maximum Gasteiger partial charge on any atom is 0.328 e. The molecule has 1 fully saturated rings. The third-order valence-electron chi connectivity index (χ3n) is 3.56. The number of rotatable bonds is 4. The normalized spacial score (nSPS) is 19.5. The largest absolute Gasteiger partial charge is 0.478 e. The van der Waals surface area contributed by atoms with E-state index in [-0.39, 0.29) is 0 Å². The molecule has 4 heteroatoms. The van der Waals surface area contributed by atoms with Crippen molar-refractivity contribution in [1.82, 2.24) is 4.98 Å². The minimum atomic E-state index is -0.934. The minimum Gasteiger partial charge on any atom is -0.478 e. The lowest BCUT2D eigenvalue weighted by Crippen LogP contribution is -2.34. The van der Waals surface area contributed by atoms with Gasteiger partial charge in [-0.05, 0) is 37.0 Å². The zero-order valence-corrected chi connectivity index (χ0v) is 11.4. The van der Waals surface area contributed by atoms with Gasteiger partial charge in [0.15, 0.2) is 0 Å². The molecule has 0 bridgehead atoms. The number of anilines is 1. The molecule has 102 valence electrons. The van der Waals surface area contributed by atoms with Crippen LogP contribution in [-0.4, -0.2) is 28.6 Å². The van der Waals surface area contributed by atoms with E-state index in [1.165, 1.54) is 18.9 Å². The Kier molecular flexibility index (Phi) is 4.20. The zero-order chi connectivity index (χ0) is 13.8. The van der Waals surface area contributed by atoms with Crippen molar-refractivity contribution in [1.29, 1.82) is 0 Å². The van der Waals surface area contributed by atoms with Crippen LogP contribution in [-0.2, 0) is 4.79 Å². The molecule has 1 saturated heterocycles. The lowest BCUT2D eigenvalue weighted by atomic mass is 10.0. The van der Waals surface area contributed by atoms with Gasteiger partial charge < -0.3 is 10.0 Å². The fourth-order valence-electron chi connectivity index (χ4n) is 2.69. The first kappa shape index (κ1) is 13.6. The van der Waals surface area contributed by atoms with Gasteiger partial charge in [-0.2, -0.15) is 0 Å². The Morgan fingerprint density at radius 2 is 2.37 bits per heavy atom. The molecule has 2 heterocycles. The van der Waals surface area contributed by atoms with Crippen LogP contribution in [0.15, 0.2) is 24.4 Å². The van der Waals surface area contributed by atoms with Gasteiger partial charge >= 0.3 is 5.97 Å². The molecule has 1 N–H and O–H groups in total. The lowest BCUT2D eigenvalue weighted by Gasteiger charge is -2.29. The molecule has 0 saturated carbocycles. The lowest BCUT2D eigenvalue weighted by molar-refractivity contribution is -0.131. The first-order valence-electron chi connectivity index (χ1n) is 6.72. The van der Waals surface area contributed by atoms with Gasteiger partial charge in [-0.1, -0.05) is 13.8 Å². The van der Waals surface area contributed by atoms with Crippen LogP contribution in [0, 0.1) is 5.92 Å². The Morgan fingerprint density at radius 1 is 1.58 bits per heavy atom. The molecule has 1 aliphatic rings. The smallest absolute Gasteiger partial charge is 0.328 e. The second-order valence-corrected chi connectivity index (χ2v) is 5.23. The van der Waals surface area contributed by atoms with Crippen LogP contribution < -0.4 is 4.90 Å². The summed E-state index contributed by atoms with van der Waals surface area (Å²) < 4.78 is 0. The van der Waals surface area contributed by atoms with E-state index in [1.807, 2.05) is 12.1 Å². The Bertz CT molecular complexity index is 483. The van der Waals surface area contributed by atoms with Gasteiger partial charge in [0.1, 0.15) is 5.82 Å². The molecule has 0 radical (unpaired) electrons. The fraction of sp³-hybridized carbons (Fsp3) is 0.467. The molecular weight excluding hydrogens is 240 g/mol. The summed E-state index contributed by atoms with van der Waals surface area (Å²) in [5, 5.41) is 8.75. The number of aliphatic carboxylic acids is 1. The summed E-state index contributed by atoms with van der Waals surface area (Å²) in [4.78, 5) is 17.4. The van der Waals surface area contributed by atoms with E-state index in [0.717, 1.165) is 17.9 Å². The summed E-state index contributed by atoms with van der Waals surface area (Å²) >= 11 is 0. The Balaban J connectivity index is 2.31. The molecule has 1 unspecified atom stereocenters. The molecule has 0 amide bonds. The summed E-state index contributed by atoms with van der Waals surface area (Å²) in [6.07, 6.45) is 6.91. The average Bonchev–Trinajstić information content (AvgIpc) is 2.85. The van der Waals surface area contributed by atoms with Crippen molar-refractivity contribution in [2.24, 2.45) is 5.92 Å². The highest BCUT2D eigenvalue weighted by atomic mass is 16.4. The van der Waals surface area contributed by atoms with E-state index in [0.29, 0.717) is 12.0 Å². The number of pyridine rings is 1. The van der Waals surface area contributed by atoms with Crippen LogP contribution >= 0.6 is 0 Å². The third kappa shape index (κ3) is 3.13. The fourth-order valence-corrected chi connectivity index (χ4v) is 2.69. The number of hydrogen-bond acceptors (Lipinski definition) is 3. The molecule has 2 rings (SSSR count). The van der Waals surface area contributed by atoms with Gasteiger partial charge in [0.05, 0.1) is 0 Å². The molecular formula is C15H20N2O2. The molecule has 1 aromatic rings. The summed E-state index contributed by atoms with van der Waals surface area (Å²) in [6, 6.07) is 4.25. The van der Waals surface area contributed by atoms with Crippen LogP contribution in [0.1, 0.15) is 32.3 Å². The van der Waals surface area contributed by atoms with Crippen LogP contribution in [0.25, 0.3) is 6.08 Å². The molecule has 0 spiro atoms. The van der Waals surface area contributed by atoms with Crippen molar-refractivity contribution in [3.8, 4) is 0 Å². The van der Waals surface area contributed by atoms with E-state index in [2.05, 4.69) is 23.7 Å². The number of carbonyl (C=O) groups is 1. The number of nitrogens with zero attached hydrogens (tertiary/aromatic N) is 2. The van der Waals surface area contributed by atoms with E-state index < -0.39 is 5.97 Å². The minimum absolute atomic E-state index is 0.492. The van der Waals surface area contributed by atoms with Crippen molar-refractivity contribution in [3.05, 3.63) is 30.0 Å². The summed E-state index contributed by atoms with van der Waals surface area (Å²) in [6.45, 7) is 5.44. The first-order valence-corrected chi connectivity index (χ1v) is 6.72. The third-order valence-corrected chi connectivity index (χ3v) is 3.56. The van der Waals surface area contributed by atoms with Crippen molar-refractivity contribution in [2.75, 3.05) is 11.4 Å². The van der Waals surface area contributed by atoms with Crippen LogP contribution in [0.2, 0.25) is 0 Å². The average molecular weight is 260 g/mol. The van der Waals surface area contributed by atoms with Crippen molar-refractivity contribution in [3.63, 3.8) is 0 Å². The summed E-state index contributed by atoms with van der Waals surface area (Å²) in [5.74, 6) is 0.536. The molecule has 1 aromatic heterocycles. The second-order valence-electron chi connectivity index (χ2n) is 5.23. The SMILES string of the molecule is CC(C)C1CCCN1c1ncccc1/C=C/C(=O)O. The van der Waals surface area contributed by atoms with Crippen LogP contribution in [0.5, 0.6) is 0 Å². The highest BCUT2D eigenvalue weighted by molar-refractivity contribution is 5.86. The molecule has 4 nitrogen and oxygen atoms in total. The highest BCUT2D eigenvalue weighted by Gasteiger charge is 2.28. The van der Waals surface area contributed by atoms with E-state index in [1.54, 1.807) is 12.3 Å². The molecule has 0 aromatic carbocycles. The number of carboxylic acids is 1. The number of carboxylic acid groups (broad SMARTS) is 1. The van der Waals surface area contributed by atoms with Crippen molar-refractivity contribution < 1.29 is 9.90 Å². The van der Waals surface area contributed by atoms with E-state index >= 15 is 0 Å². The second kappa shape index (κ2) is 5.87. The molecule has 1 aliphatic heterocycles. The molecule has 0 aliphatic carbocycles. The standard InChI is InChI=1S/C15H20N2O2/c1-11(2)13-6-4-10-17(13)15-12(5-3-9-16-15)7-8-14(18)19/h3,5,7-9,11,13H,4,6,10H2,1-2H3,(H,18,19)/b8-7+. The van der Waals surface area contributed by atoms with Gasteiger partial charge in [0.2, 0.25) is 0 Å². The summed E-state index contributed by atoms with van der Waals surface area (Å²) in [7, 11) is 0. The van der Waals surface area contributed by atoms with Gasteiger partial charge in [-0.15, -0.1) is 0 Å². The quantitative estimate of drug-likeness (QED) is 0.846. The topological polar surface area (TPSA) is 53.4 Å². The van der Waals surface area contributed by atoms with Crippen LogP contribution in [0.3, 0.4) is 0 Å². The van der Waals surface area contributed by atoms with Gasteiger partial charge in [0, 0.05) is 30.4 Å². The zero-order valence-electron chi connectivity index (χ0n) is 11.4.